The number of halogens is 7. The highest BCUT2D eigenvalue weighted by atomic mass is 32.2. The molecule has 11 heteroatoms. The third kappa shape index (κ3) is 6.42. The van der Waals surface area contributed by atoms with E-state index in [1.165, 1.54) is 0 Å². The van der Waals surface area contributed by atoms with E-state index in [4.69, 9.17) is 4.55 Å². The highest BCUT2D eigenvalue weighted by molar-refractivity contribution is 7.85. The molecule has 0 aliphatic heterocycles. The maximum absolute atomic E-state index is 14.0. The van der Waals surface area contributed by atoms with Gasteiger partial charge in [0.1, 0.15) is 0 Å². The van der Waals surface area contributed by atoms with E-state index in [0.29, 0.717) is 24.3 Å². The number of benzene rings is 1. The summed E-state index contributed by atoms with van der Waals surface area (Å²) < 4.78 is 122. The lowest BCUT2D eigenvalue weighted by molar-refractivity contribution is -0.220. The minimum atomic E-state index is -4.65. The average molecular weight is 410 g/mol. The molecule has 0 radical (unpaired) electrons. The maximum atomic E-state index is 14.0. The first-order valence-electron chi connectivity index (χ1n) is 7.57. The Balaban J connectivity index is 2.65. The zero-order chi connectivity index (χ0) is 20.2. The van der Waals surface area contributed by atoms with Gasteiger partial charge in [-0.3, -0.25) is 4.55 Å². The molecular formula is C15H17F7O3S. The van der Waals surface area contributed by atoms with E-state index in [1.807, 2.05) is 0 Å². The fourth-order valence-electron chi connectivity index (χ4n) is 2.23. The molecule has 0 aliphatic carbocycles. The molecule has 26 heavy (non-hydrogen) atoms. The molecule has 3 nitrogen and oxygen atoms in total. The molecule has 0 heterocycles. The third-order valence-corrected chi connectivity index (χ3v) is 4.54. The molecule has 0 amide bonds. The van der Waals surface area contributed by atoms with E-state index in [1.54, 1.807) is 0 Å². The molecule has 1 aromatic carbocycles. The number of rotatable bonds is 9. The Bertz CT molecular complexity index is 682. The number of hydrogen-bond donors (Lipinski definition) is 1. The molecule has 0 saturated carbocycles. The highest BCUT2D eigenvalue weighted by Gasteiger charge is 2.56. The molecule has 0 fully saturated rings. The van der Waals surface area contributed by atoms with E-state index in [2.05, 4.69) is 0 Å². The van der Waals surface area contributed by atoms with E-state index in [0.717, 1.165) is 0 Å². The van der Waals surface area contributed by atoms with Crippen LogP contribution in [0.5, 0.6) is 0 Å². The van der Waals surface area contributed by atoms with Crippen LogP contribution in [0.15, 0.2) is 29.2 Å². The number of hydrogen-bond acceptors (Lipinski definition) is 2. The summed E-state index contributed by atoms with van der Waals surface area (Å²) in [6.07, 6.45) is -7.34. The lowest BCUT2D eigenvalue weighted by Gasteiger charge is -2.27. The van der Waals surface area contributed by atoms with E-state index < -0.39 is 51.4 Å². The van der Waals surface area contributed by atoms with Crippen molar-refractivity contribution < 1.29 is 43.7 Å². The predicted octanol–water partition coefficient (Wildman–Crippen LogP) is 5.56. The Kier molecular flexibility index (Phi) is 7.08. The van der Waals surface area contributed by atoms with Gasteiger partial charge in [0.2, 0.25) is 0 Å². The first-order chi connectivity index (χ1) is 11.7. The molecule has 1 N–H and O–H groups in total. The van der Waals surface area contributed by atoms with Crippen LogP contribution in [0.25, 0.3) is 0 Å². The second-order valence-corrected chi connectivity index (χ2v) is 7.23. The van der Waals surface area contributed by atoms with Crippen LogP contribution in [0.3, 0.4) is 0 Å². The van der Waals surface area contributed by atoms with Crippen LogP contribution in [0.4, 0.5) is 30.7 Å². The largest absolute Gasteiger partial charge is 0.389 e. The van der Waals surface area contributed by atoms with Crippen molar-refractivity contribution in [3.63, 3.8) is 0 Å². The monoisotopic (exact) mass is 410 g/mol. The van der Waals surface area contributed by atoms with Gasteiger partial charge in [-0.2, -0.15) is 39.2 Å². The Morgan fingerprint density at radius 3 is 1.65 bits per heavy atom. The summed E-state index contributed by atoms with van der Waals surface area (Å²) in [6.45, 7) is 0. The summed E-state index contributed by atoms with van der Waals surface area (Å²) in [6, 6.07) is 2.10. The molecule has 1 rings (SSSR count). The van der Waals surface area contributed by atoms with Gasteiger partial charge < -0.3 is 0 Å². The van der Waals surface area contributed by atoms with Gasteiger partial charge >= 0.3 is 18.0 Å². The highest BCUT2D eigenvalue weighted by Crippen LogP contribution is 2.46. The van der Waals surface area contributed by atoms with Crippen LogP contribution in [0, 0.1) is 0 Å². The molecule has 0 aromatic heterocycles. The van der Waals surface area contributed by atoms with Crippen molar-refractivity contribution in [1.29, 1.82) is 0 Å². The summed E-state index contributed by atoms with van der Waals surface area (Å²) in [4.78, 5) is -0.718. The molecule has 0 spiro atoms. The van der Waals surface area contributed by atoms with Crippen LogP contribution < -0.4 is 0 Å². The molecule has 0 bridgehead atoms. The molecule has 0 atom stereocenters. The molecule has 150 valence electrons. The zero-order valence-corrected chi connectivity index (χ0v) is 14.2. The van der Waals surface area contributed by atoms with Gasteiger partial charge in [-0.1, -0.05) is 25.0 Å². The normalized spacial score (nSPS) is 13.8. The topological polar surface area (TPSA) is 54.4 Å². The Morgan fingerprint density at radius 2 is 1.23 bits per heavy atom. The average Bonchev–Trinajstić information content (AvgIpc) is 2.48. The minimum absolute atomic E-state index is 0.00970. The third-order valence-electron chi connectivity index (χ3n) is 3.68. The quantitative estimate of drug-likeness (QED) is 0.329. The predicted molar refractivity (Wildman–Crippen MR) is 78.9 cm³/mol. The summed E-state index contributed by atoms with van der Waals surface area (Å²) in [7, 11) is -4.65. The lowest BCUT2D eigenvalue weighted by atomic mass is 9.97. The Hall–Kier alpha value is -1.36. The standard InChI is InChI=1S/C15H17F7O3S/c16-13(17,9-3-1-2-4-10-14(18,19)20)15(21,22)11-5-7-12(8-6-11)26(23,24)25/h5-8H,1-4,9-10H2,(H,23,24,25). The van der Waals surface area contributed by atoms with Gasteiger partial charge in [0.25, 0.3) is 10.1 Å². The molecule has 0 saturated heterocycles. The fourth-order valence-corrected chi connectivity index (χ4v) is 2.71. The van der Waals surface area contributed by atoms with Crippen molar-refractivity contribution in [2.45, 2.75) is 61.4 Å². The first kappa shape index (κ1) is 22.7. The number of unbranched alkanes of at least 4 members (excludes halogenated alkanes) is 3. The second kappa shape index (κ2) is 8.12. The van der Waals surface area contributed by atoms with Gasteiger partial charge in [0.15, 0.2) is 0 Å². The molecule has 1 aromatic rings. The first-order valence-corrected chi connectivity index (χ1v) is 9.01. The smallest absolute Gasteiger partial charge is 0.282 e. The summed E-state index contributed by atoms with van der Waals surface area (Å²) >= 11 is 0. The van der Waals surface area contributed by atoms with Crippen LogP contribution in [-0.4, -0.2) is 25.1 Å². The summed E-state index contributed by atoms with van der Waals surface area (Å²) in [5.41, 5.74) is -1.13. The van der Waals surface area contributed by atoms with Crippen molar-refractivity contribution in [2.24, 2.45) is 0 Å². The Morgan fingerprint density at radius 1 is 0.769 bits per heavy atom. The van der Waals surface area contributed by atoms with Gasteiger partial charge in [-0.15, -0.1) is 0 Å². The SMILES string of the molecule is O=S(=O)(O)c1ccc(C(F)(F)C(F)(F)CCCCCCC(F)(F)F)cc1. The van der Waals surface area contributed by atoms with E-state index >= 15 is 0 Å². The molecule has 0 unspecified atom stereocenters. The van der Waals surface area contributed by atoms with Crippen LogP contribution in [0.1, 0.15) is 44.1 Å². The Labute approximate surface area is 146 Å². The summed E-state index contributed by atoms with van der Waals surface area (Å²) in [5.74, 6) is -9.06. The van der Waals surface area contributed by atoms with Gasteiger partial charge in [0, 0.05) is 18.4 Å². The van der Waals surface area contributed by atoms with Crippen LogP contribution in [-0.2, 0) is 16.0 Å². The minimum Gasteiger partial charge on any atom is -0.282 e. The van der Waals surface area contributed by atoms with Gasteiger partial charge in [0.05, 0.1) is 4.90 Å². The van der Waals surface area contributed by atoms with Crippen LogP contribution >= 0.6 is 0 Å². The van der Waals surface area contributed by atoms with Crippen molar-refractivity contribution in [3.05, 3.63) is 29.8 Å². The summed E-state index contributed by atoms with van der Waals surface area (Å²) in [5, 5.41) is 0. The van der Waals surface area contributed by atoms with Gasteiger partial charge in [-0.05, 0) is 25.0 Å². The van der Waals surface area contributed by atoms with Crippen molar-refractivity contribution in [1.82, 2.24) is 0 Å². The van der Waals surface area contributed by atoms with Crippen molar-refractivity contribution >= 4 is 10.1 Å². The molecule has 0 aliphatic rings. The fraction of sp³-hybridized carbons (Fsp3) is 0.600. The van der Waals surface area contributed by atoms with E-state index in [9.17, 15) is 39.2 Å². The maximum Gasteiger partial charge on any atom is 0.389 e. The van der Waals surface area contributed by atoms with Crippen molar-refractivity contribution in [3.8, 4) is 0 Å². The van der Waals surface area contributed by atoms with Gasteiger partial charge in [-0.25, -0.2) is 0 Å². The van der Waals surface area contributed by atoms with Crippen LogP contribution in [0.2, 0.25) is 0 Å². The molecular weight excluding hydrogens is 393 g/mol. The van der Waals surface area contributed by atoms with Crippen molar-refractivity contribution in [2.75, 3.05) is 0 Å². The van der Waals surface area contributed by atoms with E-state index in [-0.39, 0.29) is 25.7 Å². The number of alkyl halides is 7. The lowest BCUT2D eigenvalue weighted by Crippen LogP contribution is -2.38. The zero-order valence-electron chi connectivity index (χ0n) is 13.4. The second-order valence-electron chi connectivity index (χ2n) is 5.81.